The molecule has 4 nitrogen and oxygen atoms in total. The molecular formula is C24H20ClNO3. The Balaban J connectivity index is 1.34. The number of hydrogen-bond acceptors (Lipinski definition) is 3. The summed E-state index contributed by atoms with van der Waals surface area (Å²) in [6.45, 7) is 1.79. The van der Waals surface area contributed by atoms with Gasteiger partial charge in [0.2, 0.25) is 0 Å². The first-order valence-corrected chi connectivity index (χ1v) is 10.1. The summed E-state index contributed by atoms with van der Waals surface area (Å²) in [5.41, 5.74) is 2.50. The molecule has 0 aromatic heterocycles. The molecule has 0 bridgehead atoms. The molecule has 0 aliphatic carbocycles. The Morgan fingerprint density at radius 1 is 1.00 bits per heavy atom. The average Bonchev–Trinajstić information content (AvgIpc) is 3.34. The molecule has 1 amide bonds. The van der Waals surface area contributed by atoms with E-state index in [0.717, 1.165) is 12.2 Å². The zero-order valence-electron chi connectivity index (χ0n) is 15.8. The van der Waals surface area contributed by atoms with E-state index in [1.807, 2.05) is 47.4 Å². The number of likely N-dealkylation sites (tertiary alicyclic amines) is 1. The number of carbonyl (C=O) groups excluding carboxylic acids is 1. The third kappa shape index (κ3) is 3.28. The molecule has 1 fully saturated rings. The lowest BCUT2D eigenvalue weighted by Crippen LogP contribution is -2.34. The first kappa shape index (κ1) is 18.2. The minimum atomic E-state index is -0.394. The van der Waals surface area contributed by atoms with Gasteiger partial charge in [0.15, 0.2) is 0 Å². The summed E-state index contributed by atoms with van der Waals surface area (Å²) in [5.74, 6) is 1.25. The van der Waals surface area contributed by atoms with E-state index < -0.39 is 5.60 Å². The number of fused-ring (bicyclic) bond motifs is 2. The second kappa shape index (κ2) is 7.21. The number of ether oxygens (including phenoxy) is 2. The standard InChI is InChI=1S/C24H20ClNO3/c25-22-14-19(29-18-7-2-1-3-8-18)10-11-20(22)23(27)26-13-12-24(16-26)21-9-5-4-6-17(21)15-28-24/h1-11,14H,12-13,15-16H2/t24-/m0/s1. The van der Waals surface area contributed by atoms with E-state index in [9.17, 15) is 4.79 Å². The van der Waals surface area contributed by atoms with Crippen molar-refractivity contribution in [3.63, 3.8) is 0 Å². The monoisotopic (exact) mass is 405 g/mol. The normalized spacial score (nSPS) is 20.1. The molecule has 5 rings (SSSR count). The smallest absolute Gasteiger partial charge is 0.255 e. The number of carbonyl (C=O) groups is 1. The third-order valence-electron chi connectivity index (χ3n) is 5.68. The van der Waals surface area contributed by atoms with Gasteiger partial charge in [-0.15, -0.1) is 0 Å². The van der Waals surface area contributed by atoms with E-state index in [0.29, 0.717) is 36.0 Å². The van der Waals surface area contributed by atoms with Crippen molar-refractivity contribution in [2.75, 3.05) is 13.1 Å². The molecule has 0 radical (unpaired) electrons. The van der Waals surface area contributed by atoms with Gasteiger partial charge in [0.25, 0.3) is 5.91 Å². The van der Waals surface area contributed by atoms with Gasteiger partial charge in [-0.2, -0.15) is 0 Å². The summed E-state index contributed by atoms with van der Waals surface area (Å²) in [5, 5.41) is 0.386. The van der Waals surface area contributed by atoms with E-state index in [2.05, 4.69) is 12.1 Å². The van der Waals surface area contributed by atoms with Gasteiger partial charge >= 0.3 is 0 Å². The van der Waals surface area contributed by atoms with Crippen LogP contribution in [0, 0.1) is 0 Å². The SMILES string of the molecule is O=C(c1ccc(Oc2ccccc2)cc1Cl)N1CC[C@@]2(C1)OCc1ccccc12. The maximum absolute atomic E-state index is 13.1. The van der Waals surface area contributed by atoms with Gasteiger partial charge in [-0.3, -0.25) is 4.79 Å². The van der Waals surface area contributed by atoms with E-state index in [1.165, 1.54) is 11.1 Å². The fourth-order valence-electron chi connectivity index (χ4n) is 4.21. The van der Waals surface area contributed by atoms with Gasteiger partial charge in [0, 0.05) is 12.6 Å². The number of halogens is 1. The molecule has 2 aliphatic rings. The van der Waals surface area contributed by atoms with Crippen LogP contribution in [0.3, 0.4) is 0 Å². The van der Waals surface area contributed by atoms with Crippen LogP contribution < -0.4 is 4.74 Å². The fraction of sp³-hybridized carbons (Fsp3) is 0.208. The third-order valence-corrected chi connectivity index (χ3v) is 5.99. The molecule has 5 heteroatoms. The molecular weight excluding hydrogens is 386 g/mol. The van der Waals surface area contributed by atoms with Crippen LogP contribution in [0.2, 0.25) is 5.02 Å². The molecule has 29 heavy (non-hydrogen) atoms. The molecule has 146 valence electrons. The lowest BCUT2D eigenvalue weighted by Gasteiger charge is -2.25. The predicted molar refractivity (Wildman–Crippen MR) is 111 cm³/mol. The Morgan fingerprint density at radius 2 is 1.79 bits per heavy atom. The minimum Gasteiger partial charge on any atom is -0.457 e. The van der Waals surface area contributed by atoms with Crippen molar-refractivity contribution in [1.82, 2.24) is 4.90 Å². The first-order chi connectivity index (χ1) is 14.1. The van der Waals surface area contributed by atoms with E-state index in [-0.39, 0.29) is 5.91 Å². The topological polar surface area (TPSA) is 38.8 Å². The molecule has 1 atom stereocenters. The average molecular weight is 406 g/mol. The van der Waals surface area contributed by atoms with Gasteiger partial charge in [0.1, 0.15) is 17.1 Å². The second-order valence-electron chi connectivity index (χ2n) is 7.47. The molecule has 0 unspecified atom stereocenters. The Hall–Kier alpha value is -2.82. The van der Waals surface area contributed by atoms with Gasteiger partial charge in [0.05, 0.1) is 23.7 Å². The zero-order valence-corrected chi connectivity index (χ0v) is 16.6. The lowest BCUT2D eigenvalue weighted by molar-refractivity contribution is -0.0282. The maximum atomic E-state index is 13.1. The van der Waals surface area contributed by atoms with Crippen LogP contribution in [0.4, 0.5) is 0 Å². The number of amides is 1. The lowest BCUT2D eigenvalue weighted by atomic mass is 9.92. The van der Waals surface area contributed by atoms with Crippen molar-refractivity contribution in [2.45, 2.75) is 18.6 Å². The quantitative estimate of drug-likeness (QED) is 0.585. The zero-order chi connectivity index (χ0) is 19.8. The molecule has 1 spiro atoms. The first-order valence-electron chi connectivity index (χ1n) is 9.69. The van der Waals surface area contributed by atoms with Crippen molar-refractivity contribution in [3.05, 3.63) is 94.5 Å². The molecule has 3 aromatic rings. The van der Waals surface area contributed by atoms with Gasteiger partial charge in [-0.1, -0.05) is 54.1 Å². The highest BCUT2D eigenvalue weighted by atomic mass is 35.5. The molecule has 2 aliphatic heterocycles. The van der Waals surface area contributed by atoms with Crippen molar-refractivity contribution in [3.8, 4) is 11.5 Å². The Kier molecular flexibility index (Phi) is 4.53. The molecule has 3 aromatic carbocycles. The number of rotatable bonds is 3. The van der Waals surface area contributed by atoms with E-state index >= 15 is 0 Å². The minimum absolute atomic E-state index is 0.0777. The van der Waals surface area contributed by atoms with E-state index in [4.69, 9.17) is 21.1 Å². The molecule has 2 heterocycles. The van der Waals surface area contributed by atoms with Crippen molar-refractivity contribution < 1.29 is 14.3 Å². The fourth-order valence-corrected chi connectivity index (χ4v) is 4.46. The molecule has 1 saturated heterocycles. The summed E-state index contributed by atoms with van der Waals surface area (Å²) in [7, 11) is 0. The van der Waals surface area contributed by atoms with Gasteiger partial charge in [-0.25, -0.2) is 0 Å². The number of para-hydroxylation sites is 1. The van der Waals surface area contributed by atoms with Crippen molar-refractivity contribution in [2.24, 2.45) is 0 Å². The maximum Gasteiger partial charge on any atom is 0.255 e. The van der Waals surface area contributed by atoms with Crippen LogP contribution in [0.1, 0.15) is 27.9 Å². The molecule has 0 saturated carbocycles. The van der Waals surface area contributed by atoms with Crippen LogP contribution in [0.15, 0.2) is 72.8 Å². The van der Waals surface area contributed by atoms with Crippen molar-refractivity contribution in [1.29, 1.82) is 0 Å². The Labute approximate surface area is 174 Å². The second-order valence-corrected chi connectivity index (χ2v) is 7.88. The highest BCUT2D eigenvalue weighted by molar-refractivity contribution is 6.34. The highest BCUT2D eigenvalue weighted by Gasteiger charge is 2.46. The van der Waals surface area contributed by atoms with Gasteiger partial charge in [-0.05, 0) is 41.8 Å². The predicted octanol–water partition coefficient (Wildman–Crippen LogP) is 5.40. The van der Waals surface area contributed by atoms with Crippen molar-refractivity contribution >= 4 is 17.5 Å². The summed E-state index contributed by atoms with van der Waals surface area (Å²) in [6, 6.07) is 22.9. The summed E-state index contributed by atoms with van der Waals surface area (Å²) in [6.07, 6.45) is 0.794. The largest absolute Gasteiger partial charge is 0.457 e. The van der Waals surface area contributed by atoms with Crippen LogP contribution in [-0.2, 0) is 16.9 Å². The number of benzene rings is 3. The molecule has 0 N–H and O–H groups in total. The van der Waals surface area contributed by atoms with Gasteiger partial charge < -0.3 is 14.4 Å². The Bertz CT molecular complexity index is 1070. The summed E-state index contributed by atoms with van der Waals surface area (Å²) >= 11 is 6.44. The Morgan fingerprint density at radius 3 is 2.62 bits per heavy atom. The highest BCUT2D eigenvalue weighted by Crippen LogP contribution is 2.43. The number of nitrogens with zero attached hydrogens (tertiary/aromatic N) is 1. The summed E-state index contributed by atoms with van der Waals surface area (Å²) in [4.78, 5) is 15.0. The number of hydrogen-bond donors (Lipinski definition) is 0. The summed E-state index contributed by atoms with van der Waals surface area (Å²) < 4.78 is 12.0. The van der Waals surface area contributed by atoms with Crippen LogP contribution in [-0.4, -0.2) is 23.9 Å². The van der Waals surface area contributed by atoms with E-state index in [1.54, 1.807) is 18.2 Å². The van der Waals surface area contributed by atoms with Crippen LogP contribution in [0.5, 0.6) is 11.5 Å². The van der Waals surface area contributed by atoms with Crippen LogP contribution in [0.25, 0.3) is 0 Å². The van der Waals surface area contributed by atoms with Crippen LogP contribution >= 0.6 is 11.6 Å².